The number of nitrogens with zero attached hydrogens (tertiary/aromatic N) is 1. The number of rotatable bonds is 2. The van der Waals surface area contributed by atoms with Gasteiger partial charge in [0.05, 0.1) is 18.4 Å². The van der Waals surface area contributed by atoms with Crippen molar-refractivity contribution < 1.29 is 18.6 Å². The number of ether oxygens (including phenoxy) is 1. The average Bonchev–Trinajstić information content (AvgIpc) is 2.35. The molecule has 0 N–H and O–H groups in total. The van der Waals surface area contributed by atoms with Gasteiger partial charge in [0.2, 0.25) is 0 Å². The lowest BCUT2D eigenvalue weighted by Crippen LogP contribution is -2.27. The molecule has 0 unspecified atom stereocenters. The Kier molecular flexibility index (Phi) is 4.13. The molecule has 0 bridgehead atoms. The molecule has 16 heavy (non-hydrogen) atoms. The minimum Gasteiger partial charge on any atom is -0.452 e. The number of para-hydroxylation sites is 1. The Hall–Kier alpha value is -1.75. The van der Waals surface area contributed by atoms with Gasteiger partial charge in [0.15, 0.2) is 0 Å². The van der Waals surface area contributed by atoms with Crippen molar-refractivity contribution in [2.24, 2.45) is 0 Å². The molecule has 1 aromatic rings. The van der Waals surface area contributed by atoms with Gasteiger partial charge in [-0.15, -0.1) is 0 Å². The summed E-state index contributed by atoms with van der Waals surface area (Å²) < 4.78 is 8.63. The molecule has 0 aliphatic carbocycles. The van der Waals surface area contributed by atoms with Crippen LogP contribution in [-0.2, 0) is 9.03 Å². The lowest BCUT2D eigenvalue weighted by molar-refractivity contribution is 0.0752. The van der Waals surface area contributed by atoms with Gasteiger partial charge in [-0.25, -0.2) is 9.59 Å². The minimum absolute atomic E-state index is 0.186. The van der Waals surface area contributed by atoms with Crippen LogP contribution >= 0.6 is 11.9 Å². The zero-order chi connectivity index (χ0) is 12.1. The van der Waals surface area contributed by atoms with E-state index in [-0.39, 0.29) is 5.56 Å². The fraction of sp³-hybridized carbons (Fsp3) is 0.200. The molecule has 0 aliphatic rings. The van der Waals surface area contributed by atoms with Crippen LogP contribution in [0, 0.1) is 0 Å². The Labute approximate surface area is 97.7 Å². The van der Waals surface area contributed by atoms with Gasteiger partial charge >= 0.3 is 12.1 Å². The first-order valence-electron chi connectivity index (χ1n) is 4.35. The van der Waals surface area contributed by atoms with Crippen molar-refractivity contribution in [3.63, 3.8) is 0 Å². The van der Waals surface area contributed by atoms with Gasteiger partial charge in [0.1, 0.15) is 11.9 Å². The van der Waals surface area contributed by atoms with Gasteiger partial charge < -0.3 is 9.03 Å². The maximum Gasteiger partial charge on any atom is 0.413 e. The maximum absolute atomic E-state index is 11.3. The number of carbonyl (C=O) groups excluding carboxylic acids is 2. The van der Waals surface area contributed by atoms with Crippen molar-refractivity contribution in [2.45, 2.75) is 0 Å². The van der Waals surface area contributed by atoms with Crippen molar-refractivity contribution >= 4 is 29.6 Å². The molecule has 0 aromatic heterocycles. The lowest BCUT2D eigenvalue weighted by Gasteiger charge is -2.17. The van der Waals surface area contributed by atoms with Gasteiger partial charge in [0, 0.05) is 7.05 Å². The lowest BCUT2D eigenvalue weighted by atomic mass is 10.1. The number of hydrogen-bond donors (Lipinski definition) is 0. The Morgan fingerprint density at radius 2 is 1.94 bits per heavy atom. The molecule has 6 heteroatoms. The summed E-state index contributed by atoms with van der Waals surface area (Å²) in [4.78, 5) is 23.8. The third-order valence-corrected chi connectivity index (χ3v) is 2.14. The Morgan fingerprint density at radius 3 is 2.50 bits per heavy atom. The second-order valence-corrected chi connectivity index (χ2v) is 3.07. The van der Waals surface area contributed by atoms with E-state index in [0.717, 1.165) is 0 Å². The quantitative estimate of drug-likeness (QED) is 0.799. The van der Waals surface area contributed by atoms with Crippen molar-refractivity contribution in [3.05, 3.63) is 29.8 Å². The van der Waals surface area contributed by atoms with E-state index in [0.29, 0.717) is 5.69 Å². The van der Waals surface area contributed by atoms with Crippen LogP contribution < -0.4 is 4.90 Å². The molecule has 0 atom stereocenters. The number of anilines is 1. The summed E-state index contributed by atoms with van der Waals surface area (Å²) in [5, 5.41) is 0. The number of amides is 1. The first kappa shape index (κ1) is 12.3. The van der Waals surface area contributed by atoms with Crippen molar-refractivity contribution in [1.82, 2.24) is 0 Å². The van der Waals surface area contributed by atoms with E-state index in [1.54, 1.807) is 18.2 Å². The normalized spacial score (nSPS) is 9.44. The number of hydrogen-bond acceptors (Lipinski definition) is 4. The summed E-state index contributed by atoms with van der Waals surface area (Å²) in [5.74, 6) is -0.729. The van der Waals surface area contributed by atoms with Crippen LogP contribution in [0.3, 0.4) is 0 Å². The molecule has 86 valence electrons. The molecule has 0 saturated carbocycles. The van der Waals surface area contributed by atoms with Gasteiger partial charge in [-0.3, -0.25) is 4.90 Å². The minimum atomic E-state index is -0.729. The number of benzene rings is 1. The molecule has 1 rings (SSSR count). The van der Waals surface area contributed by atoms with E-state index >= 15 is 0 Å². The first-order chi connectivity index (χ1) is 7.61. The standard InChI is InChI=1S/C10H10ClNO4/c1-12(10(14)15-2)8-6-4-3-5-7(8)9(13)16-11/h3-6H,1-2H3. The smallest absolute Gasteiger partial charge is 0.413 e. The summed E-state index contributed by atoms with van der Waals surface area (Å²) in [6.45, 7) is 0. The summed E-state index contributed by atoms with van der Waals surface area (Å²) in [5.41, 5.74) is 0.547. The first-order valence-corrected chi connectivity index (χ1v) is 4.66. The van der Waals surface area contributed by atoms with Crippen LogP contribution in [0.2, 0.25) is 0 Å². The highest BCUT2D eigenvalue weighted by Gasteiger charge is 2.19. The largest absolute Gasteiger partial charge is 0.452 e. The van der Waals surface area contributed by atoms with Crippen molar-refractivity contribution in [3.8, 4) is 0 Å². The average molecular weight is 244 g/mol. The summed E-state index contributed by atoms with van der Waals surface area (Å²) in [7, 11) is 2.73. The second-order valence-electron chi connectivity index (χ2n) is 2.91. The Bertz CT molecular complexity index is 408. The van der Waals surface area contributed by atoms with Gasteiger partial charge in [-0.05, 0) is 12.1 Å². The predicted molar refractivity (Wildman–Crippen MR) is 58.5 cm³/mol. The predicted octanol–water partition coefficient (Wildman–Crippen LogP) is 2.20. The van der Waals surface area contributed by atoms with Crippen LogP contribution in [0.4, 0.5) is 10.5 Å². The third-order valence-electron chi connectivity index (χ3n) is 2.00. The molecule has 0 fully saturated rings. The second kappa shape index (κ2) is 5.37. The van der Waals surface area contributed by atoms with Crippen LogP contribution in [0.5, 0.6) is 0 Å². The van der Waals surface area contributed by atoms with E-state index in [4.69, 9.17) is 11.9 Å². The monoisotopic (exact) mass is 243 g/mol. The maximum atomic E-state index is 11.3. The zero-order valence-electron chi connectivity index (χ0n) is 8.77. The number of carbonyl (C=O) groups is 2. The highest BCUT2D eigenvalue weighted by atomic mass is 35.5. The molecular formula is C10H10ClNO4. The van der Waals surface area contributed by atoms with E-state index in [2.05, 4.69) is 9.03 Å². The SMILES string of the molecule is COC(=O)N(C)c1ccccc1C(=O)OCl. The fourth-order valence-corrected chi connectivity index (χ4v) is 1.30. The molecule has 0 heterocycles. The third kappa shape index (κ3) is 2.43. The number of methoxy groups -OCH3 is 1. The topological polar surface area (TPSA) is 55.8 Å². The Morgan fingerprint density at radius 1 is 1.31 bits per heavy atom. The summed E-state index contributed by atoms with van der Waals surface area (Å²) >= 11 is 4.99. The van der Waals surface area contributed by atoms with Crippen LogP contribution in [0.25, 0.3) is 0 Å². The van der Waals surface area contributed by atoms with Crippen LogP contribution in [0.15, 0.2) is 24.3 Å². The highest BCUT2D eigenvalue weighted by molar-refractivity contribution is 6.17. The van der Waals surface area contributed by atoms with Gasteiger partial charge in [0.25, 0.3) is 0 Å². The summed E-state index contributed by atoms with van der Waals surface area (Å²) in [6, 6.07) is 6.40. The fourth-order valence-electron chi connectivity index (χ4n) is 1.22. The summed E-state index contributed by atoms with van der Waals surface area (Å²) in [6.07, 6.45) is -0.588. The van der Waals surface area contributed by atoms with Gasteiger partial charge in [-0.1, -0.05) is 12.1 Å². The van der Waals surface area contributed by atoms with E-state index in [1.807, 2.05) is 0 Å². The van der Waals surface area contributed by atoms with Crippen molar-refractivity contribution in [1.29, 1.82) is 0 Å². The van der Waals surface area contributed by atoms with Gasteiger partial charge in [-0.2, -0.15) is 0 Å². The number of halogens is 1. The molecular weight excluding hydrogens is 234 g/mol. The molecule has 0 spiro atoms. The van der Waals surface area contributed by atoms with Crippen LogP contribution in [0.1, 0.15) is 10.4 Å². The molecule has 1 amide bonds. The molecule has 0 saturated heterocycles. The molecule has 1 aromatic carbocycles. The molecule has 0 radical (unpaired) electrons. The zero-order valence-corrected chi connectivity index (χ0v) is 9.52. The van der Waals surface area contributed by atoms with E-state index < -0.39 is 12.1 Å². The Balaban J connectivity index is 3.13. The highest BCUT2D eigenvalue weighted by Crippen LogP contribution is 2.21. The van der Waals surface area contributed by atoms with Crippen molar-refractivity contribution in [2.75, 3.05) is 19.1 Å². The molecule has 0 aliphatic heterocycles. The molecule has 5 nitrogen and oxygen atoms in total. The van der Waals surface area contributed by atoms with E-state index in [9.17, 15) is 9.59 Å². The van der Waals surface area contributed by atoms with Crippen LogP contribution in [-0.4, -0.2) is 26.2 Å². The van der Waals surface area contributed by atoms with E-state index in [1.165, 1.54) is 25.1 Å².